The van der Waals surface area contributed by atoms with E-state index in [1.54, 1.807) is 6.07 Å². The molecule has 0 bridgehead atoms. The maximum atomic E-state index is 13.8. The van der Waals surface area contributed by atoms with E-state index in [4.69, 9.17) is 4.74 Å². The van der Waals surface area contributed by atoms with E-state index in [9.17, 15) is 9.50 Å². The molecule has 2 atom stereocenters. The Labute approximate surface area is 135 Å². The lowest BCUT2D eigenvalue weighted by Crippen LogP contribution is -2.21. The summed E-state index contributed by atoms with van der Waals surface area (Å²) in [5.41, 5.74) is 2.88. The van der Waals surface area contributed by atoms with Crippen LogP contribution in [-0.2, 0) is 13.0 Å². The van der Waals surface area contributed by atoms with Crippen molar-refractivity contribution in [3.63, 3.8) is 0 Å². The summed E-state index contributed by atoms with van der Waals surface area (Å²) in [6, 6.07) is 7.00. The highest BCUT2D eigenvalue weighted by molar-refractivity contribution is 5.29. The van der Waals surface area contributed by atoms with Crippen molar-refractivity contribution in [1.29, 1.82) is 0 Å². The molecule has 0 spiro atoms. The molecule has 6 heteroatoms. The van der Waals surface area contributed by atoms with Gasteiger partial charge in [0.05, 0.1) is 18.9 Å². The summed E-state index contributed by atoms with van der Waals surface area (Å²) in [6.07, 6.45) is 0.369. The normalized spacial score (nSPS) is 21.7. The van der Waals surface area contributed by atoms with Gasteiger partial charge < -0.3 is 9.84 Å². The lowest BCUT2D eigenvalue weighted by atomic mass is 10.0. The van der Waals surface area contributed by atoms with Crippen LogP contribution in [0.3, 0.4) is 0 Å². The first kappa shape index (κ1) is 16.0. The summed E-state index contributed by atoms with van der Waals surface area (Å²) in [7, 11) is 1.45. The van der Waals surface area contributed by atoms with E-state index in [0.717, 1.165) is 29.9 Å². The molecule has 0 aliphatic carbocycles. The van der Waals surface area contributed by atoms with Crippen molar-refractivity contribution >= 4 is 0 Å². The number of rotatable bonds is 5. The molecule has 3 rings (SSSR count). The zero-order valence-corrected chi connectivity index (χ0v) is 13.4. The minimum absolute atomic E-state index is 0.154. The standard InChI is InChI=1S/C17H22FN3O2/c1-11-5-14(20-19-11)7-13-9-21(10-16(13)22)8-12-3-4-17(23-2)15(18)6-12/h3-6,13,16,22H,7-10H2,1-2H3,(H,19,20)/t13-,16+/m1/s1. The maximum absolute atomic E-state index is 13.8. The molecule has 23 heavy (non-hydrogen) atoms. The molecule has 1 aromatic heterocycles. The number of ether oxygens (including phenoxy) is 1. The molecule has 5 nitrogen and oxygen atoms in total. The number of hydrogen-bond donors (Lipinski definition) is 2. The Morgan fingerprint density at radius 1 is 1.39 bits per heavy atom. The predicted molar refractivity (Wildman–Crippen MR) is 84.8 cm³/mol. The third-order valence-corrected chi connectivity index (χ3v) is 4.33. The van der Waals surface area contributed by atoms with Crippen LogP contribution in [0.2, 0.25) is 0 Å². The maximum Gasteiger partial charge on any atom is 0.165 e. The first-order valence-electron chi connectivity index (χ1n) is 7.79. The van der Waals surface area contributed by atoms with E-state index in [1.807, 2.05) is 19.1 Å². The summed E-state index contributed by atoms with van der Waals surface area (Å²) in [4.78, 5) is 2.15. The quantitative estimate of drug-likeness (QED) is 0.884. The second kappa shape index (κ2) is 6.68. The van der Waals surface area contributed by atoms with Crippen LogP contribution in [0.4, 0.5) is 4.39 Å². The van der Waals surface area contributed by atoms with Gasteiger partial charge >= 0.3 is 0 Å². The number of aryl methyl sites for hydroxylation is 1. The van der Waals surface area contributed by atoms with Crippen molar-refractivity contribution in [1.82, 2.24) is 15.1 Å². The highest BCUT2D eigenvalue weighted by Gasteiger charge is 2.31. The summed E-state index contributed by atoms with van der Waals surface area (Å²) in [6.45, 7) is 3.96. The van der Waals surface area contributed by atoms with Crippen LogP contribution in [0, 0.1) is 18.7 Å². The molecule has 1 aliphatic heterocycles. The van der Waals surface area contributed by atoms with Gasteiger partial charge in [0.15, 0.2) is 11.6 Å². The number of aromatic amines is 1. The van der Waals surface area contributed by atoms with Crippen molar-refractivity contribution in [2.24, 2.45) is 5.92 Å². The van der Waals surface area contributed by atoms with Gasteiger partial charge in [-0.3, -0.25) is 10.00 Å². The molecule has 2 aromatic rings. The summed E-state index contributed by atoms with van der Waals surface area (Å²) in [5, 5.41) is 17.4. The average Bonchev–Trinajstić information content (AvgIpc) is 3.06. The van der Waals surface area contributed by atoms with Crippen LogP contribution >= 0.6 is 0 Å². The number of nitrogens with zero attached hydrogens (tertiary/aromatic N) is 2. The van der Waals surface area contributed by atoms with Crippen LogP contribution in [0.5, 0.6) is 5.75 Å². The molecule has 2 N–H and O–H groups in total. The topological polar surface area (TPSA) is 61.4 Å². The smallest absolute Gasteiger partial charge is 0.165 e. The van der Waals surface area contributed by atoms with E-state index in [1.165, 1.54) is 13.2 Å². The Kier molecular flexibility index (Phi) is 4.63. The van der Waals surface area contributed by atoms with E-state index in [-0.39, 0.29) is 23.6 Å². The van der Waals surface area contributed by atoms with E-state index < -0.39 is 0 Å². The van der Waals surface area contributed by atoms with Gasteiger partial charge in [-0.2, -0.15) is 5.10 Å². The van der Waals surface area contributed by atoms with Gasteiger partial charge in [0.25, 0.3) is 0 Å². The summed E-state index contributed by atoms with van der Waals surface area (Å²) < 4.78 is 18.7. The average molecular weight is 319 g/mol. The van der Waals surface area contributed by atoms with Crippen molar-refractivity contribution < 1.29 is 14.2 Å². The van der Waals surface area contributed by atoms with Crippen LogP contribution in [0.15, 0.2) is 24.3 Å². The minimum atomic E-state index is -0.380. The Morgan fingerprint density at radius 3 is 2.87 bits per heavy atom. The molecule has 1 aromatic carbocycles. The van der Waals surface area contributed by atoms with Crippen LogP contribution < -0.4 is 4.74 Å². The number of aliphatic hydroxyl groups is 1. The zero-order chi connectivity index (χ0) is 16.4. The number of methoxy groups -OCH3 is 1. The first-order chi connectivity index (χ1) is 11.0. The van der Waals surface area contributed by atoms with Crippen molar-refractivity contribution in [3.05, 3.63) is 47.0 Å². The fourth-order valence-electron chi connectivity index (χ4n) is 3.19. The van der Waals surface area contributed by atoms with Gasteiger partial charge in [0.2, 0.25) is 0 Å². The number of benzene rings is 1. The van der Waals surface area contributed by atoms with Gasteiger partial charge in [-0.1, -0.05) is 6.07 Å². The van der Waals surface area contributed by atoms with E-state index in [0.29, 0.717) is 13.1 Å². The molecule has 0 radical (unpaired) electrons. The molecule has 124 valence electrons. The number of nitrogens with one attached hydrogen (secondary N) is 1. The highest BCUT2D eigenvalue weighted by atomic mass is 19.1. The van der Waals surface area contributed by atoms with Gasteiger partial charge in [-0.25, -0.2) is 4.39 Å². The second-order valence-electron chi connectivity index (χ2n) is 6.24. The Morgan fingerprint density at radius 2 is 2.22 bits per heavy atom. The summed E-state index contributed by atoms with van der Waals surface area (Å²) >= 11 is 0. The van der Waals surface area contributed by atoms with Crippen LogP contribution in [0.25, 0.3) is 0 Å². The lowest BCUT2D eigenvalue weighted by Gasteiger charge is -2.16. The molecule has 0 amide bonds. The van der Waals surface area contributed by atoms with Gasteiger partial charge in [0.1, 0.15) is 0 Å². The molecular weight excluding hydrogens is 297 g/mol. The van der Waals surface area contributed by atoms with E-state index >= 15 is 0 Å². The number of likely N-dealkylation sites (tertiary alicyclic amines) is 1. The fraction of sp³-hybridized carbons (Fsp3) is 0.471. The third kappa shape index (κ3) is 3.71. The van der Waals surface area contributed by atoms with Gasteiger partial charge in [-0.15, -0.1) is 0 Å². The van der Waals surface area contributed by atoms with Gasteiger partial charge in [-0.05, 0) is 37.1 Å². The van der Waals surface area contributed by atoms with Crippen molar-refractivity contribution in [2.75, 3.05) is 20.2 Å². The van der Waals surface area contributed by atoms with Crippen molar-refractivity contribution in [2.45, 2.75) is 26.0 Å². The van der Waals surface area contributed by atoms with Crippen molar-refractivity contribution in [3.8, 4) is 5.75 Å². The fourth-order valence-corrected chi connectivity index (χ4v) is 3.19. The van der Waals surface area contributed by atoms with Gasteiger partial charge in [0, 0.05) is 31.2 Å². The monoisotopic (exact) mass is 319 g/mol. The number of H-pyrrole nitrogens is 1. The molecular formula is C17H22FN3O2. The molecule has 0 unspecified atom stereocenters. The Bertz CT molecular complexity index is 674. The number of hydrogen-bond acceptors (Lipinski definition) is 4. The second-order valence-corrected chi connectivity index (χ2v) is 6.24. The highest BCUT2D eigenvalue weighted by Crippen LogP contribution is 2.24. The first-order valence-corrected chi connectivity index (χ1v) is 7.79. The molecule has 2 heterocycles. The molecule has 1 fully saturated rings. The number of aromatic nitrogens is 2. The number of halogens is 1. The Balaban J connectivity index is 1.61. The largest absolute Gasteiger partial charge is 0.494 e. The molecule has 0 saturated carbocycles. The summed E-state index contributed by atoms with van der Waals surface area (Å²) in [5.74, 6) is 0.0519. The lowest BCUT2D eigenvalue weighted by molar-refractivity contribution is 0.140. The number of β-amino-alcohol motifs (C(OH)–C–C–N with tert-alkyl or cyclic N) is 1. The minimum Gasteiger partial charge on any atom is -0.494 e. The third-order valence-electron chi connectivity index (χ3n) is 4.33. The van der Waals surface area contributed by atoms with Crippen LogP contribution in [0.1, 0.15) is 17.0 Å². The van der Waals surface area contributed by atoms with Crippen LogP contribution in [-0.4, -0.2) is 46.5 Å². The zero-order valence-electron chi connectivity index (χ0n) is 13.4. The SMILES string of the molecule is COc1ccc(CN2C[C@@H](Cc3cc(C)[nH]n3)[C@@H](O)C2)cc1F. The Hall–Kier alpha value is -1.92. The number of aliphatic hydroxyl groups excluding tert-OH is 1. The van der Waals surface area contributed by atoms with E-state index in [2.05, 4.69) is 15.1 Å². The molecule has 1 aliphatic rings. The predicted octanol–water partition coefficient (Wildman–Crippen LogP) is 1.90. The molecule has 1 saturated heterocycles.